The number of thiophene rings is 2. The lowest BCUT2D eigenvalue weighted by molar-refractivity contribution is -0.120. The maximum atomic E-state index is 12.7. The van der Waals surface area contributed by atoms with Gasteiger partial charge in [-0.1, -0.05) is 23.2 Å². The van der Waals surface area contributed by atoms with Crippen molar-refractivity contribution in [1.29, 1.82) is 0 Å². The number of thiazole rings is 1. The molecule has 0 unspecified atom stereocenters. The van der Waals surface area contributed by atoms with Gasteiger partial charge in [-0.2, -0.15) is 4.31 Å². The Kier molecular flexibility index (Phi) is 6.31. The molecule has 1 amide bonds. The van der Waals surface area contributed by atoms with Crippen molar-refractivity contribution >= 4 is 78.3 Å². The fourth-order valence-electron chi connectivity index (χ4n) is 3.03. The molecule has 0 aliphatic carbocycles. The molecule has 0 spiro atoms. The summed E-state index contributed by atoms with van der Waals surface area (Å²) < 4.78 is 28.1. The summed E-state index contributed by atoms with van der Waals surface area (Å²) in [6.45, 7) is 0.597. The number of anilines is 1. The Bertz CT molecular complexity index is 1130. The maximum absolute atomic E-state index is 12.7. The third-order valence-electron chi connectivity index (χ3n) is 4.53. The van der Waals surface area contributed by atoms with Gasteiger partial charge in [0.2, 0.25) is 5.91 Å². The van der Waals surface area contributed by atoms with Crippen LogP contribution in [0.1, 0.15) is 12.8 Å². The summed E-state index contributed by atoms with van der Waals surface area (Å²) in [5.74, 6) is -0.386. The van der Waals surface area contributed by atoms with Crippen LogP contribution < -0.4 is 5.32 Å². The van der Waals surface area contributed by atoms with Crippen LogP contribution in [-0.2, 0) is 14.8 Å². The Hall–Kier alpha value is -1.01. The Labute approximate surface area is 190 Å². The van der Waals surface area contributed by atoms with E-state index < -0.39 is 10.0 Å². The van der Waals surface area contributed by atoms with E-state index in [9.17, 15) is 13.2 Å². The first-order valence-electron chi connectivity index (χ1n) is 8.60. The predicted molar refractivity (Wildman–Crippen MR) is 120 cm³/mol. The molecule has 4 heterocycles. The highest BCUT2D eigenvalue weighted by Crippen LogP contribution is 2.34. The van der Waals surface area contributed by atoms with E-state index in [2.05, 4.69) is 10.3 Å². The standard InChI is InChI=1S/C17H15Cl2N3O3S4/c18-13-2-1-12(27-13)11-9-26-17(20-11)21-16(23)10-5-7-22(8-6-10)29(24,25)15-4-3-14(19)28-15/h1-4,9-10H,5-8H2,(H,20,21,23). The number of rotatable bonds is 5. The first-order valence-corrected chi connectivity index (χ1v) is 13.3. The van der Waals surface area contributed by atoms with E-state index in [1.54, 1.807) is 6.07 Å². The molecule has 3 aromatic rings. The molecule has 1 aliphatic rings. The molecule has 4 rings (SSSR count). The third kappa shape index (κ3) is 4.68. The van der Waals surface area contributed by atoms with Crippen LogP contribution in [0.15, 0.2) is 33.9 Å². The highest BCUT2D eigenvalue weighted by molar-refractivity contribution is 7.91. The van der Waals surface area contributed by atoms with Gasteiger partial charge in [0.25, 0.3) is 10.0 Å². The Morgan fingerprint density at radius 3 is 2.41 bits per heavy atom. The van der Waals surface area contributed by atoms with Gasteiger partial charge in [0.15, 0.2) is 5.13 Å². The molecule has 0 saturated carbocycles. The van der Waals surface area contributed by atoms with Crippen molar-refractivity contribution in [2.24, 2.45) is 5.92 Å². The van der Waals surface area contributed by atoms with Gasteiger partial charge < -0.3 is 5.32 Å². The molecule has 1 aliphatic heterocycles. The number of hydrogen-bond acceptors (Lipinski definition) is 7. The van der Waals surface area contributed by atoms with Crippen LogP contribution in [0.4, 0.5) is 5.13 Å². The van der Waals surface area contributed by atoms with Crippen LogP contribution in [0.3, 0.4) is 0 Å². The Morgan fingerprint density at radius 2 is 1.79 bits per heavy atom. The number of carbonyl (C=O) groups excluding carboxylic acids is 1. The Balaban J connectivity index is 1.35. The molecular weight excluding hydrogens is 493 g/mol. The molecule has 154 valence electrons. The number of amides is 1. The van der Waals surface area contributed by atoms with Crippen LogP contribution in [0.2, 0.25) is 8.67 Å². The SMILES string of the molecule is O=C(Nc1nc(-c2ccc(Cl)s2)cs1)C1CCN(S(=O)(=O)c2ccc(Cl)s2)CC1. The van der Waals surface area contributed by atoms with Gasteiger partial charge in [-0.25, -0.2) is 13.4 Å². The summed E-state index contributed by atoms with van der Waals surface area (Å²) in [4.78, 5) is 18.0. The van der Waals surface area contributed by atoms with Crippen LogP contribution in [0.25, 0.3) is 10.6 Å². The van der Waals surface area contributed by atoms with Gasteiger partial charge in [-0.05, 0) is 37.1 Å². The van der Waals surface area contributed by atoms with E-state index in [1.165, 1.54) is 33.0 Å². The Morgan fingerprint density at radius 1 is 1.10 bits per heavy atom. The molecule has 1 N–H and O–H groups in total. The van der Waals surface area contributed by atoms with E-state index in [0.29, 0.717) is 39.7 Å². The number of hydrogen-bond donors (Lipinski definition) is 1. The third-order valence-corrected chi connectivity index (χ3v) is 10.1. The van der Waals surface area contributed by atoms with Crippen molar-refractivity contribution in [2.75, 3.05) is 18.4 Å². The molecule has 6 nitrogen and oxygen atoms in total. The van der Waals surface area contributed by atoms with Crippen molar-refractivity contribution < 1.29 is 13.2 Å². The van der Waals surface area contributed by atoms with E-state index in [0.717, 1.165) is 21.9 Å². The van der Waals surface area contributed by atoms with Crippen molar-refractivity contribution in [2.45, 2.75) is 17.1 Å². The fourth-order valence-corrected chi connectivity index (χ4v) is 7.92. The summed E-state index contributed by atoms with van der Waals surface area (Å²) in [6.07, 6.45) is 0.922. The smallest absolute Gasteiger partial charge is 0.252 e. The van der Waals surface area contributed by atoms with Crippen molar-refractivity contribution in [3.63, 3.8) is 0 Å². The minimum Gasteiger partial charge on any atom is -0.302 e. The quantitative estimate of drug-likeness (QED) is 0.509. The first-order chi connectivity index (χ1) is 13.8. The second kappa shape index (κ2) is 8.62. The topological polar surface area (TPSA) is 79.4 Å². The lowest BCUT2D eigenvalue weighted by atomic mass is 9.97. The summed E-state index contributed by atoms with van der Waals surface area (Å²) in [5, 5.41) is 5.25. The minimum absolute atomic E-state index is 0.133. The number of nitrogens with zero attached hydrogens (tertiary/aromatic N) is 2. The summed E-state index contributed by atoms with van der Waals surface area (Å²) in [5.41, 5.74) is 0.776. The molecule has 29 heavy (non-hydrogen) atoms. The molecule has 3 aromatic heterocycles. The first kappa shape index (κ1) is 21.2. The van der Waals surface area contributed by atoms with Crippen molar-refractivity contribution in [1.82, 2.24) is 9.29 Å². The molecule has 0 bridgehead atoms. The maximum Gasteiger partial charge on any atom is 0.252 e. The predicted octanol–water partition coefficient (Wildman–Crippen LogP) is 5.28. The zero-order chi connectivity index (χ0) is 20.6. The molecule has 1 fully saturated rings. The summed E-state index contributed by atoms with van der Waals surface area (Å²) >= 11 is 15.6. The van der Waals surface area contributed by atoms with E-state index in [4.69, 9.17) is 23.2 Å². The normalized spacial score (nSPS) is 16.2. The lowest BCUT2D eigenvalue weighted by Gasteiger charge is -2.29. The number of carbonyl (C=O) groups is 1. The molecule has 1 saturated heterocycles. The summed E-state index contributed by atoms with van der Waals surface area (Å²) in [7, 11) is -3.56. The second-order valence-electron chi connectivity index (χ2n) is 6.37. The van der Waals surface area contributed by atoms with Gasteiger partial charge >= 0.3 is 0 Å². The zero-order valence-corrected chi connectivity index (χ0v) is 19.6. The highest BCUT2D eigenvalue weighted by Gasteiger charge is 2.33. The molecular formula is C17H15Cl2N3O3S4. The number of sulfonamides is 1. The average molecular weight is 508 g/mol. The molecule has 12 heteroatoms. The minimum atomic E-state index is -3.56. The summed E-state index contributed by atoms with van der Waals surface area (Å²) in [6, 6.07) is 6.80. The second-order valence-corrected chi connectivity index (χ2v) is 12.8. The van der Waals surface area contributed by atoms with Gasteiger partial charge in [0.05, 0.1) is 19.2 Å². The lowest BCUT2D eigenvalue weighted by Crippen LogP contribution is -2.41. The molecule has 0 atom stereocenters. The highest BCUT2D eigenvalue weighted by atomic mass is 35.5. The van der Waals surface area contributed by atoms with Gasteiger partial charge in [0.1, 0.15) is 4.21 Å². The average Bonchev–Trinajstić information content (AvgIpc) is 3.43. The van der Waals surface area contributed by atoms with Crippen molar-refractivity contribution in [3.8, 4) is 10.6 Å². The van der Waals surface area contributed by atoms with E-state index in [1.807, 2.05) is 17.5 Å². The van der Waals surface area contributed by atoms with E-state index in [-0.39, 0.29) is 16.0 Å². The van der Waals surface area contributed by atoms with Gasteiger partial charge in [-0.3, -0.25) is 4.79 Å². The number of piperidine rings is 1. The zero-order valence-electron chi connectivity index (χ0n) is 14.8. The largest absolute Gasteiger partial charge is 0.302 e. The van der Waals surface area contributed by atoms with E-state index >= 15 is 0 Å². The van der Waals surface area contributed by atoms with Crippen LogP contribution >= 0.6 is 57.2 Å². The van der Waals surface area contributed by atoms with Crippen LogP contribution in [0.5, 0.6) is 0 Å². The van der Waals surface area contributed by atoms with Crippen LogP contribution in [0, 0.1) is 5.92 Å². The van der Waals surface area contributed by atoms with Crippen molar-refractivity contribution in [3.05, 3.63) is 38.3 Å². The van der Waals surface area contributed by atoms with Gasteiger partial charge in [-0.15, -0.1) is 34.0 Å². The molecule has 0 radical (unpaired) electrons. The number of halogens is 2. The van der Waals surface area contributed by atoms with Crippen LogP contribution in [-0.4, -0.2) is 36.7 Å². The molecule has 0 aromatic carbocycles. The fraction of sp³-hybridized carbons (Fsp3) is 0.294. The monoisotopic (exact) mass is 507 g/mol. The number of nitrogens with one attached hydrogen (secondary N) is 1. The van der Waals surface area contributed by atoms with Gasteiger partial charge in [0, 0.05) is 24.4 Å². The number of aromatic nitrogens is 1.